The lowest BCUT2D eigenvalue weighted by Gasteiger charge is -2.34. The molecule has 8 heteroatoms. The summed E-state index contributed by atoms with van der Waals surface area (Å²) in [6.07, 6.45) is 2.97. The number of amides is 3. The van der Waals surface area contributed by atoms with Crippen molar-refractivity contribution in [2.45, 2.75) is 12.5 Å². The van der Waals surface area contributed by atoms with E-state index in [4.69, 9.17) is 10.3 Å². The van der Waals surface area contributed by atoms with Gasteiger partial charge >= 0.3 is 0 Å². The molecule has 0 heterocycles. The van der Waals surface area contributed by atoms with Crippen LogP contribution < -0.4 is 10.8 Å². The van der Waals surface area contributed by atoms with Crippen LogP contribution in [0.3, 0.4) is 0 Å². The molecule has 0 fully saturated rings. The zero-order valence-corrected chi connectivity index (χ0v) is 15.7. The number of hydrogen-bond donors (Lipinski definition) is 4. The van der Waals surface area contributed by atoms with E-state index in [1.54, 1.807) is 12.1 Å². The summed E-state index contributed by atoms with van der Waals surface area (Å²) in [6.45, 7) is 1.13. The van der Waals surface area contributed by atoms with Gasteiger partial charge in [-0.05, 0) is 49.1 Å². The third-order valence-corrected chi connectivity index (χ3v) is 3.97. The van der Waals surface area contributed by atoms with Crippen molar-refractivity contribution >= 4 is 17.7 Å². The largest absolute Gasteiger partial charge is 0.392 e. The summed E-state index contributed by atoms with van der Waals surface area (Å²) in [5.41, 5.74) is 0.308. The van der Waals surface area contributed by atoms with E-state index >= 15 is 0 Å². The maximum atomic E-state index is 12.7. The van der Waals surface area contributed by atoms with Gasteiger partial charge in [-0.25, -0.2) is 5.48 Å². The Morgan fingerprint density at radius 3 is 2.36 bits per heavy atom. The van der Waals surface area contributed by atoms with Crippen LogP contribution in [0.1, 0.15) is 22.8 Å². The molecule has 1 unspecified atom stereocenters. The van der Waals surface area contributed by atoms with Crippen LogP contribution in [-0.2, 0) is 9.59 Å². The second-order valence-electron chi connectivity index (χ2n) is 5.64. The first-order valence-corrected chi connectivity index (χ1v) is 8.15. The summed E-state index contributed by atoms with van der Waals surface area (Å²) in [6, 6.07) is 6.21. The van der Waals surface area contributed by atoms with Gasteiger partial charge in [-0.2, -0.15) is 0 Å². The van der Waals surface area contributed by atoms with Gasteiger partial charge in [0.25, 0.3) is 17.7 Å². The lowest BCUT2D eigenvalue weighted by Crippen LogP contribution is -2.64. The number of nitrogens with zero attached hydrogens (tertiary/aromatic N) is 1. The summed E-state index contributed by atoms with van der Waals surface area (Å²) in [7, 11) is 2.61. The van der Waals surface area contributed by atoms with E-state index in [0.29, 0.717) is 5.56 Å². The molecule has 146 valence electrons. The predicted octanol–water partition coefficient (Wildman–Crippen LogP) is -0.328. The van der Waals surface area contributed by atoms with E-state index in [0.717, 1.165) is 4.90 Å². The van der Waals surface area contributed by atoms with Crippen molar-refractivity contribution in [3.05, 3.63) is 47.5 Å². The minimum atomic E-state index is -1.95. The summed E-state index contributed by atoms with van der Waals surface area (Å²) >= 11 is 0. The number of benzene rings is 1. The first-order chi connectivity index (χ1) is 13.3. The molecule has 0 aromatic heterocycles. The average Bonchev–Trinajstić information content (AvgIpc) is 2.73. The quantitative estimate of drug-likeness (QED) is 0.240. The number of rotatable bonds is 5. The molecule has 0 bridgehead atoms. The molecule has 0 saturated carbocycles. The minimum absolute atomic E-state index is 0.0923. The van der Waals surface area contributed by atoms with E-state index < -0.39 is 23.3 Å². The van der Waals surface area contributed by atoms with Crippen LogP contribution in [0.4, 0.5) is 0 Å². The number of aliphatic hydroxyl groups excluding tert-OH is 1. The minimum Gasteiger partial charge on any atom is -0.392 e. The number of aliphatic hydroxyl groups is 1. The molecule has 1 atom stereocenters. The number of allylic oxidation sites excluding steroid dienone is 1. The topological polar surface area (TPSA) is 119 Å². The highest BCUT2D eigenvalue weighted by Gasteiger charge is 2.47. The second-order valence-corrected chi connectivity index (χ2v) is 5.64. The number of nitrogens with one attached hydrogen (secondary N) is 2. The Balaban J connectivity index is 3.04. The summed E-state index contributed by atoms with van der Waals surface area (Å²) in [5.74, 6) is 8.24. The van der Waals surface area contributed by atoms with Crippen molar-refractivity contribution in [2.24, 2.45) is 0 Å². The molecule has 0 saturated heterocycles. The maximum absolute atomic E-state index is 12.7. The van der Waals surface area contributed by atoms with Crippen LogP contribution in [0.15, 0.2) is 36.4 Å². The van der Waals surface area contributed by atoms with Crippen molar-refractivity contribution in [3.63, 3.8) is 0 Å². The fraction of sp³-hybridized carbons (Fsp3) is 0.250. The molecule has 0 aliphatic rings. The Morgan fingerprint density at radius 2 is 1.82 bits per heavy atom. The molecule has 0 spiro atoms. The fourth-order valence-corrected chi connectivity index (χ4v) is 2.15. The van der Waals surface area contributed by atoms with E-state index in [-0.39, 0.29) is 12.2 Å². The van der Waals surface area contributed by atoms with Gasteiger partial charge in [-0.15, -0.1) is 0 Å². The van der Waals surface area contributed by atoms with Crippen LogP contribution in [0, 0.1) is 23.7 Å². The molecular formula is C20H21N3O5. The van der Waals surface area contributed by atoms with Crippen LogP contribution in [0.25, 0.3) is 0 Å². The molecule has 3 amide bonds. The normalized spacial score (nSPS) is 11.9. The Morgan fingerprint density at radius 1 is 1.18 bits per heavy atom. The van der Waals surface area contributed by atoms with Gasteiger partial charge in [-0.3, -0.25) is 19.6 Å². The van der Waals surface area contributed by atoms with Gasteiger partial charge in [0.05, 0.1) is 6.61 Å². The molecule has 8 nitrogen and oxygen atoms in total. The van der Waals surface area contributed by atoms with Gasteiger partial charge in [-0.1, -0.05) is 17.9 Å². The molecular weight excluding hydrogens is 362 g/mol. The van der Waals surface area contributed by atoms with E-state index in [1.807, 2.05) is 0 Å². The number of carbonyl (C=O) groups is 3. The molecule has 0 radical (unpaired) electrons. The van der Waals surface area contributed by atoms with Crippen molar-refractivity contribution in [2.75, 3.05) is 20.7 Å². The summed E-state index contributed by atoms with van der Waals surface area (Å²) in [4.78, 5) is 37.8. The van der Waals surface area contributed by atoms with Gasteiger partial charge in [0.15, 0.2) is 5.54 Å². The first-order valence-electron chi connectivity index (χ1n) is 8.15. The number of carbonyl (C=O) groups excluding carboxylic acids is 3. The first kappa shape index (κ1) is 22.5. The third-order valence-electron chi connectivity index (χ3n) is 3.97. The zero-order valence-electron chi connectivity index (χ0n) is 15.7. The van der Waals surface area contributed by atoms with Crippen LogP contribution in [0.2, 0.25) is 0 Å². The number of hydrogen-bond acceptors (Lipinski definition) is 5. The summed E-state index contributed by atoms with van der Waals surface area (Å²) < 4.78 is 0. The maximum Gasteiger partial charge on any atom is 0.278 e. The predicted molar refractivity (Wildman–Crippen MR) is 102 cm³/mol. The van der Waals surface area contributed by atoms with Crippen molar-refractivity contribution in [1.82, 2.24) is 15.7 Å². The van der Waals surface area contributed by atoms with E-state index in [1.165, 1.54) is 50.8 Å². The Bertz CT molecular complexity index is 866. The van der Waals surface area contributed by atoms with Gasteiger partial charge in [0.2, 0.25) is 0 Å². The lowest BCUT2D eigenvalue weighted by molar-refractivity contribution is -0.148. The number of likely N-dealkylation sites (N-methyl/N-ethyl adjacent to an activating group) is 2. The monoisotopic (exact) mass is 383 g/mol. The smallest absolute Gasteiger partial charge is 0.278 e. The van der Waals surface area contributed by atoms with E-state index in [9.17, 15) is 14.4 Å². The SMILES string of the molecule is CNC(=O)C(C)(C(=O)NO)N(C)C(=O)c1ccc(C#CC#C/C=C/CO)cc1. The number of hydroxylamine groups is 1. The van der Waals surface area contributed by atoms with Crippen molar-refractivity contribution in [1.29, 1.82) is 0 Å². The van der Waals surface area contributed by atoms with Crippen LogP contribution in [0.5, 0.6) is 0 Å². The molecule has 0 aliphatic carbocycles. The Kier molecular flexibility index (Phi) is 8.45. The van der Waals surface area contributed by atoms with Gasteiger partial charge < -0.3 is 15.3 Å². The Labute approximate surface area is 163 Å². The van der Waals surface area contributed by atoms with Crippen LogP contribution in [-0.4, -0.2) is 59.2 Å². The highest BCUT2D eigenvalue weighted by Crippen LogP contribution is 2.18. The molecule has 28 heavy (non-hydrogen) atoms. The van der Waals surface area contributed by atoms with Gasteiger partial charge in [0, 0.05) is 25.2 Å². The van der Waals surface area contributed by atoms with Crippen molar-refractivity contribution < 1.29 is 24.7 Å². The van der Waals surface area contributed by atoms with Crippen molar-refractivity contribution in [3.8, 4) is 23.7 Å². The van der Waals surface area contributed by atoms with E-state index in [2.05, 4.69) is 29.0 Å². The standard InChI is InChI=1S/C20H21N3O5/c1-20(18(26)21-2,19(27)22-28)23(3)17(25)16-12-10-15(11-13-16)9-7-5-4-6-8-14-24/h6,8,10-13,24,28H,14H2,1-3H3,(H,21,26)(H,22,27)/b8-6+. The Hall–Kier alpha value is -3.59. The van der Waals surface area contributed by atoms with Crippen LogP contribution >= 0.6 is 0 Å². The summed E-state index contributed by atoms with van der Waals surface area (Å²) in [5, 5.41) is 19.8. The third kappa shape index (κ3) is 5.21. The molecule has 1 aromatic rings. The molecule has 0 aliphatic heterocycles. The average molecular weight is 383 g/mol. The van der Waals surface area contributed by atoms with Gasteiger partial charge in [0.1, 0.15) is 0 Å². The lowest BCUT2D eigenvalue weighted by atomic mass is 9.96. The highest BCUT2D eigenvalue weighted by molar-refractivity contribution is 6.12. The fourth-order valence-electron chi connectivity index (χ4n) is 2.15. The molecule has 4 N–H and O–H groups in total. The molecule has 1 rings (SSSR count). The highest BCUT2D eigenvalue weighted by atomic mass is 16.5. The zero-order chi connectivity index (χ0) is 21.2. The second kappa shape index (κ2) is 10.5. The molecule has 1 aromatic carbocycles.